The molecule has 1 atom stereocenters. The first kappa shape index (κ1) is 12.2. The van der Waals surface area contributed by atoms with Gasteiger partial charge in [0.05, 0.1) is 13.5 Å². The fraction of sp³-hybridized carbons (Fsp3) is 0.333. The Labute approximate surface area is 94.6 Å². The van der Waals surface area contributed by atoms with E-state index in [1.165, 1.54) is 7.11 Å². The molecular formula is C12H15NO3. The van der Waals surface area contributed by atoms with Crippen LogP contribution in [0.2, 0.25) is 0 Å². The molecular weight excluding hydrogens is 206 g/mol. The standard InChI is InChI=1S/C12H15NO3/c1-9(12(15)16-2)13-11(14)8-10-6-4-3-5-7-10/h3-7,9H,8H2,1-2H3,(H,13,14)/t9-/m0/s1. The van der Waals surface area contributed by atoms with Crippen LogP contribution in [0, 0.1) is 0 Å². The molecule has 0 saturated carbocycles. The van der Waals surface area contributed by atoms with Crippen LogP contribution >= 0.6 is 0 Å². The summed E-state index contributed by atoms with van der Waals surface area (Å²) in [4.78, 5) is 22.6. The van der Waals surface area contributed by atoms with Gasteiger partial charge in [0.15, 0.2) is 0 Å². The van der Waals surface area contributed by atoms with Crippen molar-refractivity contribution in [1.29, 1.82) is 0 Å². The van der Waals surface area contributed by atoms with E-state index in [0.29, 0.717) is 0 Å². The molecule has 0 fully saturated rings. The Morgan fingerprint density at radius 3 is 2.50 bits per heavy atom. The number of ether oxygens (including phenoxy) is 1. The molecule has 0 aliphatic carbocycles. The van der Waals surface area contributed by atoms with E-state index in [0.717, 1.165) is 5.56 Å². The zero-order chi connectivity index (χ0) is 12.0. The van der Waals surface area contributed by atoms with Crippen molar-refractivity contribution in [3.05, 3.63) is 35.9 Å². The predicted molar refractivity (Wildman–Crippen MR) is 59.8 cm³/mol. The summed E-state index contributed by atoms with van der Waals surface area (Å²) in [5.74, 6) is -0.634. The van der Waals surface area contributed by atoms with Crippen LogP contribution in [0.4, 0.5) is 0 Å². The van der Waals surface area contributed by atoms with Gasteiger partial charge >= 0.3 is 5.97 Å². The van der Waals surface area contributed by atoms with E-state index in [2.05, 4.69) is 10.1 Å². The third-order valence-electron chi connectivity index (χ3n) is 2.14. The van der Waals surface area contributed by atoms with Crippen LogP contribution in [-0.2, 0) is 20.7 Å². The van der Waals surface area contributed by atoms with Crippen LogP contribution in [0.15, 0.2) is 30.3 Å². The van der Waals surface area contributed by atoms with E-state index in [1.807, 2.05) is 30.3 Å². The monoisotopic (exact) mass is 221 g/mol. The first-order valence-corrected chi connectivity index (χ1v) is 5.04. The lowest BCUT2D eigenvalue weighted by molar-refractivity contribution is -0.144. The van der Waals surface area contributed by atoms with Gasteiger partial charge in [-0.2, -0.15) is 0 Å². The van der Waals surface area contributed by atoms with E-state index in [9.17, 15) is 9.59 Å². The van der Waals surface area contributed by atoms with Crippen molar-refractivity contribution in [1.82, 2.24) is 5.32 Å². The zero-order valence-electron chi connectivity index (χ0n) is 9.40. The maximum Gasteiger partial charge on any atom is 0.328 e. The van der Waals surface area contributed by atoms with E-state index < -0.39 is 12.0 Å². The lowest BCUT2D eigenvalue weighted by atomic mass is 10.1. The molecule has 0 saturated heterocycles. The van der Waals surface area contributed by atoms with Gasteiger partial charge in [0, 0.05) is 0 Å². The molecule has 0 spiro atoms. The molecule has 0 aliphatic heterocycles. The van der Waals surface area contributed by atoms with Crippen molar-refractivity contribution in [2.24, 2.45) is 0 Å². The van der Waals surface area contributed by atoms with Gasteiger partial charge in [-0.1, -0.05) is 30.3 Å². The quantitative estimate of drug-likeness (QED) is 0.769. The number of carbonyl (C=O) groups is 2. The molecule has 1 aromatic rings. The Hall–Kier alpha value is -1.84. The minimum absolute atomic E-state index is 0.191. The van der Waals surface area contributed by atoms with Crippen LogP contribution in [0.1, 0.15) is 12.5 Å². The van der Waals surface area contributed by atoms with Gasteiger partial charge in [-0.3, -0.25) is 4.79 Å². The average molecular weight is 221 g/mol. The lowest BCUT2D eigenvalue weighted by Crippen LogP contribution is -2.39. The van der Waals surface area contributed by atoms with Crippen molar-refractivity contribution in [3.8, 4) is 0 Å². The topological polar surface area (TPSA) is 55.4 Å². The van der Waals surface area contributed by atoms with Crippen LogP contribution in [-0.4, -0.2) is 25.0 Å². The Kier molecular flexibility index (Phi) is 4.51. The minimum atomic E-state index is -0.610. The number of methoxy groups -OCH3 is 1. The number of hydrogen-bond donors (Lipinski definition) is 1. The molecule has 0 unspecified atom stereocenters. The molecule has 4 nitrogen and oxygen atoms in total. The maximum atomic E-state index is 11.5. The van der Waals surface area contributed by atoms with Crippen molar-refractivity contribution < 1.29 is 14.3 Å². The summed E-state index contributed by atoms with van der Waals surface area (Å²) in [6.45, 7) is 1.59. The highest BCUT2D eigenvalue weighted by atomic mass is 16.5. The summed E-state index contributed by atoms with van der Waals surface area (Å²) < 4.78 is 4.51. The molecule has 1 rings (SSSR count). The second-order valence-electron chi connectivity index (χ2n) is 3.47. The third kappa shape index (κ3) is 3.73. The number of nitrogens with one attached hydrogen (secondary N) is 1. The number of rotatable bonds is 4. The summed E-state index contributed by atoms with van der Waals surface area (Å²) >= 11 is 0. The number of carbonyl (C=O) groups excluding carboxylic acids is 2. The van der Waals surface area contributed by atoms with Gasteiger partial charge < -0.3 is 10.1 Å². The summed E-state index contributed by atoms with van der Waals surface area (Å²) in [5, 5.41) is 2.57. The SMILES string of the molecule is COC(=O)[C@H](C)NC(=O)Cc1ccccc1. The summed E-state index contributed by atoms with van der Waals surface area (Å²) in [6, 6.07) is 8.74. The normalized spacial score (nSPS) is 11.6. The fourth-order valence-electron chi connectivity index (χ4n) is 1.31. The van der Waals surface area contributed by atoms with Crippen LogP contribution in [0.25, 0.3) is 0 Å². The van der Waals surface area contributed by atoms with Crippen molar-refractivity contribution in [2.75, 3.05) is 7.11 Å². The predicted octanol–water partition coefficient (Wildman–Crippen LogP) is 0.907. The molecule has 4 heteroatoms. The van der Waals surface area contributed by atoms with Gasteiger partial charge in [0.25, 0.3) is 0 Å². The molecule has 1 N–H and O–H groups in total. The highest BCUT2D eigenvalue weighted by molar-refractivity contribution is 5.85. The maximum absolute atomic E-state index is 11.5. The third-order valence-corrected chi connectivity index (χ3v) is 2.14. The molecule has 0 aliphatic rings. The van der Waals surface area contributed by atoms with Crippen LogP contribution in [0.3, 0.4) is 0 Å². The van der Waals surface area contributed by atoms with E-state index in [-0.39, 0.29) is 12.3 Å². The van der Waals surface area contributed by atoms with E-state index in [4.69, 9.17) is 0 Å². The average Bonchev–Trinajstić information content (AvgIpc) is 2.29. The molecule has 86 valence electrons. The van der Waals surface area contributed by atoms with Gasteiger partial charge in [-0.15, -0.1) is 0 Å². The molecule has 0 heterocycles. The largest absolute Gasteiger partial charge is 0.467 e. The number of hydrogen-bond acceptors (Lipinski definition) is 3. The second-order valence-corrected chi connectivity index (χ2v) is 3.47. The molecule has 16 heavy (non-hydrogen) atoms. The first-order chi connectivity index (χ1) is 7.63. The number of amides is 1. The highest BCUT2D eigenvalue weighted by Crippen LogP contribution is 1.99. The Bertz CT molecular complexity index is 362. The van der Waals surface area contributed by atoms with Gasteiger partial charge in [-0.05, 0) is 12.5 Å². The Balaban J connectivity index is 2.45. The molecule has 0 aromatic heterocycles. The van der Waals surface area contributed by atoms with Crippen LogP contribution in [0.5, 0.6) is 0 Å². The molecule has 1 amide bonds. The zero-order valence-corrected chi connectivity index (χ0v) is 9.40. The molecule has 1 aromatic carbocycles. The second kappa shape index (κ2) is 5.90. The van der Waals surface area contributed by atoms with Crippen molar-refractivity contribution in [2.45, 2.75) is 19.4 Å². The number of esters is 1. The Morgan fingerprint density at radius 2 is 1.94 bits per heavy atom. The fourth-order valence-corrected chi connectivity index (χ4v) is 1.31. The summed E-state index contributed by atoms with van der Waals surface area (Å²) in [5.41, 5.74) is 0.914. The smallest absolute Gasteiger partial charge is 0.328 e. The first-order valence-electron chi connectivity index (χ1n) is 5.04. The van der Waals surface area contributed by atoms with Gasteiger partial charge in [0.1, 0.15) is 6.04 Å². The van der Waals surface area contributed by atoms with E-state index >= 15 is 0 Å². The summed E-state index contributed by atoms with van der Waals surface area (Å²) in [6.07, 6.45) is 0.266. The van der Waals surface area contributed by atoms with Gasteiger partial charge in [0.2, 0.25) is 5.91 Å². The van der Waals surface area contributed by atoms with Crippen molar-refractivity contribution >= 4 is 11.9 Å². The number of benzene rings is 1. The molecule has 0 bridgehead atoms. The van der Waals surface area contributed by atoms with Crippen molar-refractivity contribution in [3.63, 3.8) is 0 Å². The minimum Gasteiger partial charge on any atom is -0.467 e. The highest BCUT2D eigenvalue weighted by Gasteiger charge is 2.15. The molecule has 0 radical (unpaired) electrons. The Morgan fingerprint density at radius 1 is 1.31 bits per heavy atom. The van der Waals surface area contributed by atoms with E-state index in [1.54, 1.807) is 6.92 Å². The summed E-state index contributed by atoms with van der Waals surface area (Å²) in [7, 11) is 1.29. The van der Waals surface area contributed by atoms with Gasteiger partial charge in [-0.25, -0.2) is 4.79 Å². The lowest BCUT2D eigenvalue weighted by Gasteiger charge is -2.11. The van der Waals surface area contributed by atoms with Crippen LogP contribution < -0.4 is 5.32 Å².